The van der Waals surface area contributed by atoms with Gasteiger partial charge in [0.15, 0.2) is 0 Å². The second-order valence-electron chi connectivity index (χ2n) is 4.00. The summed E-state index contributed by atoms with van der Waals surface area (Å²) in [6, 6.07) is 12.6. The molecule has 0 amide bonds. The van der Waals surface area contributed by atoms with Gasteiger partial charge in [0, 0.05) is 12.1 Å². The van der Waals surface area contributed by atoms with Crippen LogP contribution < -0.4 is 5.73 Å². The number of rotatable bonds is 3. The van der Waals surface area contributed by atoms with Gasteiger partial charge in [0.1, 0.15) is 11.6 Å². The lowest BCUT2D eigenvalue weighted by Crippen LogP contribution is -2.13. The average molecular weight is 233 g/mol. The fourth-order valence-corrected chi connectivity index (χ4v) is 1.78. The van der Waals surface area contributed by atoms with Crippen molar-refractivity contribution in [2.24, 2.45) is 5.73 Å². The van der Waals surface area contributed by atoms with E-state index >= 15 is 0 Å². The molecule has 0 heterocycles. The van der Waals surface area contributed by atoms with Crippen molar-refractivity contribution in [1.29, 1.82) is 0 Å². The minimum atomic E-state index is -0.594. The number of hydrogen-bond donors (Lipinski definition) is 1. The van der Waals surface area contributed by atoms with E-state index in [1.54, 1.807) is 0 Å². The number of halogens is 2. The SMILES string of the molecule is NC(Cc1ccccc1)c1cc(F)cc(F)c1. The summed E-state index contributed by atoms with van der Waals surface area (Å²) < 4.78 is 26.1. The number of nitrogens with two attached hydrogens (primary N) is 1. The molecule has 1 nitrogen and oxygen atoms in total. The van der Waals surface area contributed by atoms with Crippen molar-refractivity contribution >= 4 is 0 Å². The van der Waals surface area contributed by atoms with Gasteiger partial charge in [-0.25, -0.2) is 8.78 Å². The molecule has 2 aromatic carbocycles. The summed E-state index contributed by atoms with van der Waals surface area (Å²) in [6.45, 7) is 0. The van der Waals surface area contributed by atoms with Crippen LogP contribution in [0.2, 0.25) is 0 Å². The van der Waals surface area contributed by atoms with Crippen LogP contribution in [-0.2, 0) is 6.42 Å². The normalized spacial score (nSPS) is 12.4. The van der Waals surface area contributed by atoms with Gasteiger partial charge in [-0.05, 0) is 29.7 Å². The van der Waals surface area contributed by atoms with Gasteiger partial charge in [0.2, 0.25) is 0 Å². The third kappa shape index (κ3) is 3.11. The molecule has 0 spiro atoms. The molecular formula is C14H13F2N. The van der Waals surface area contributed by atoms with E-state index in [1.165, 1.54) is 12.1 Å². The minimum Gasteiger partial charge on any atom is -0.324 e. The summed E-state index contributed by atoms with van der Waals surface area (Å²) in [7, 11) is 0. The first kappa shape index (κ1) is 11.7. The molecule has 0 saturated carbocycles. The Hall–Kier alpha value is -1.74. The Morgan fingerprint density at radius 3 is 2.12 bits per heavy atom. The highest BCUT2D eigenvalue weighted by molar-refractivity contribution is 5.24. The van der Waals surface area contributed by atoms with Crippen LogP contribution in [-0.4, -0.2) is 0 Å². The van der Waals surface area contributed by atoms with Crippen molar-refractivity contribution in [2.75, 3.05) is 0 Å². The van der Waals surface area contributed by atoms with Crippen LogP contribution >= 0.6 is 0 Å². The van der Waals surface area contributed by atoms with Crippen LogP contribution in [0, 0.1) is 11.6 Å². The van der Waals surface area contributed by atoms with Gasteiger partial charge in [0.05, 0.1) is 0 Å². The van der Waals surface area contributed by atoms with Gasteiger partial charge < -0.3 is 5.73 Å². The second kappa shape index (κ2) is 5.06. The molecule has 0 aliphatic carbocycles. The maximum atomic E-state index is 13.0. The van der Waals surface area contributed by atoms with Gasteiger partial charge in [-0.15, -0.1) is 0 Å². The Morgan fingerprint density at radius 2 is 1.53 bits per heavy atom. The summed E-state index contributed by atoms with van der Waals surface area (Å²) in [5, 5.41) is 0. The Kier molecular flexibility index (Phi) is 3.49. The Bertz CT molecular complexity index is 477. The lowest BCUT2D eigenvalue weighted by molar-refractivity contribution is 0.572. The maximum Gasteiger partial charge on any atom is 0.126 e. The molecule has 17 heavy (non-hydrogen) atoms. The first-order valence-corrected chi connectivity index (χ1v) is 5.40. The second-order valence-corrected chi connectivity index (χ2v) is 4.00. The van der Waals surface area contributed by atoms with E-state index in [2.05, 4.69) is 0 Å². The molecule has 88 valence electrons. The van der Waals surface area contributed by atoms with E-state index in [0.29, 0.717) is 12.0 Å². The molecule has 2 aromatic rings. The zero-order valence-electron chi connectivity index (χ0n) is 9.24. The van der Waals surface area contributed by atoms with Crippen molar-refractivity contribution in [3.63, 3.8) is 0 Å². The Labute approximate surface area is 98.9 Å². The molecule has 3 heteroatoms. The van der Waals surface area contributed by atoms with Crippen LogP contribution in [0.4, 0.5) is 8.78 Å². The van der Waals surface area contributed by atoms with Crippen molar-refractivity contribution in [2.45, 2.75) is 12.5 Å². The third-order valence-electron chi connectivity index (χ3n) is 2.61. The Balaban J connectivity index is 2.17. The summed E-state index contributed by atoms with van der Waals surface area (Å²) in [5.41, 5.74) is 7.46. The van der Waals surface area contributed by atoms with E-state index in [9.17, 15) is 8.78 Å². The van der Waals surface area contributed by atoms with Crippen molar-refractivity contribution in [1.82, 2.24) is 0 Å². The van der Waals surface area contributed by atoms with Crippen LogP contribution in [0.5, 0.6) is 0 Å². The molecular weight excluding hydrogens is 220 g/mol. The largest absolute Gasteiger partial charge is 0.324 e. The smallest absolute Gasteiger partial charge is 0.126 e. The van der Waals surface area contributed by atoms with Gasteiger partial charge in [-0.1, -0.05) is 30.3 Å². The molecule has 0 bridgehead atoms. The topological polar surface area (TPSA) is 26.0 Å². The molecule has 0 aliphatic rings. The highest BCUT2D eigenvalue weighted by atomic mass is 19.1. The fourth-order valence-electron chi connectivity index (χ4n) is 1.78. The van der Waals surface area contributed by atoms with E-state index in [4.69, 9.17) is 5.73 Å². The van der Waals surface area contributed by atoms with Gasteiger partial charge in [-0.3, -0.25) is 0 Å². The summed E-state index contributed by atoms with van der Waals surface area (Å²) in [5.74, 6) is -1.19. The summed E-state index contributed by atoms with van der Waals surface area (Å²) in [6.07, 6.45) is 0.559. The minimum absolute atomic E-state index is 0.400. The highest BCUT2D eigenvalue weighted by Crippen LogP contribution is 2.18. The van der Waals surface area contributed by atoms with Gasteiger partial charge in [-0.2, -0.15) is 0 Å². The van der Waals surface area contributed by atoms with Gasteiger partial charge in [0.25, 0.3) is 0 Å². The van der Waals surface area contributed by atoms with Gasteiger partial charge >= 0.3 is 0 Å². The highest BCUT2D eigenvalue weighted by Gasteiger charge is 2.09. The van der Waals surface area contributed by atoms with Crippen LogP contribution in [0.25, 0.3) is 0 Å². The van der Waals surface area contributed by atoms with Crippen molar-refractivity contribution < 1.29 is 8.78 Å². The van der Waals surface area contributed by atoms with E-state index < -0.39 is 17.7 Å². The van der Waals surface area contributed by atoms with E-state index in [0.717, 1.165) is 11.6 Å². The predicted molar refractivity (Wildman–Crippen MR) is 63.4 cm³/mol. The quantitative estimate of drug-likeness (QED) is 0.865. The lowest BCUT2D eigenvalue weighted by Gasteiger charge is -2.12. The molecule has 2 rings (SSSR count). The molecule has 0 aliphatic heterocycles. The average Bonchev–Trinajstić information content (AvgIpc) is 2.29. The maximum absolute atomic E-state index is 13.0. The number of hydrogen-bond acceptors (Lipinski definition) is 1. The van der Waals surface area contributed by atoms with Crippen molar-refractivity contribution in [3.05, 3.63) is 71.3 Å². The van der Waals surface area contributed by atoms with Crippen LogP contribution in [0.15, 0.2) is 48.5 Å². The molecule has 0 saturated heterocycles. The lowest BCUT2D eigenvalue weighted by atomic mass is 9.99. The van der Waals surface area contributed by atoms with Crippen LogP contribution in [0.3, 0.4) is 0 Å². The molecule has 2 N–H and O–H groups in total. The molecule has 0 aromatic heterocycles. The number of benzene rings is 2. The Morgan fingerprint density at radius 1 is 0.941 bits per heavy atom. The fraction of sp³-hybridized carbons (Fsp3) is 0.143. The first-order valence-electron chi connectivity index (χ1n) is 5.40. The third-order valence-corrected chi connectivity index (χ3v) is 2.61. The first-order chi connectivity index (χ1) is 8.15. The van der Waals surface area contributed by atoms with E-state index in [1.807, 2.05) is 30.3 Å². The molecule has 1 atom stereocenters. The monoisotopic (exact) mass is 233 g/mol. The zero-order valence-corrected chi connectivity index (χ0v) is 9.24. The summed E-state index contributed by atoms with van der Waals surface area (Å²) >= 11 is 0. The van der Waals surface area contributed by atoms with Crippen LogP contribution in [0.1, 0.15) is 17.2 Å². The zero-order chi connectivity index (χ0) is 12.3. The standard InChI is InChI=1S/C14H13F2N/c15-12-7-11(8-13(16)9-12)14(17)6-10-4-2-1-3-5-10/h1-5,7-9,14H,6,17H2. The molecule has 0 fully saturated rings. The van der Waals surface area contributed by atoms with E-state index in [-0.39, 0.29) is 0 Å². The predicted octanol–water partition coefficient (Wildman–Crippen LogP) is 3.21. The molecule has 0 radical (unpaired) electrons. The molecule has 1 unspecified atom stereocenters. The summed E-state index contributed by atoms with van der Waals surface area (Å²) in [4.78, 5) is 0. The van der Waals surface area contributed by atoms with Crippen molar-refractivity contribution in [3.8, 4) is 0 Å².